The van der Waals surface area contributed by atoms with Gasteiger partial charge < -0.3 is 10.2 Å². The summed E-state index contributed by atoms with van der Waals surface area (Å²) >= 11 is 0. The molecule has 27 heavy (non-hydrogen) atoms. The monoisotopic (exact) mass is 376 g/mol. The van der Waals surface area contributed by atoms with E-state index in [1.165, 1.54) is 6.42 Å². The normalized spacial score (nSPS) is 49.2. The Bertz CT molecular complexity index is 615. The van der Waals surface area contributed by atoms with Gasteiger partial charge in [0.2, 0.25) is 0 Å². The predicted octanol–water partition coefficient (Wildman–Crippen LogP) is 4.44. The van der Waals surface area contributed by atoms with Gasteiger partial charge in [0, 0.05) is 18.3 Å². The average Bonchev–Trinajstić information content (AvgIpc) is 2.91. The van der Waals surface area contributed by atoms with Gasteiger partial charge in [-0.25, -0.2) is 0 Å². The molecule has 0 aromatic rings. The van der Waals surface area contributed by atoms with Crippen LogP contribution >= 0.6 is 0 Å². The smallest absolute Gasteiger partial charge is 0.303 e. The van der Waals surface area contributed by atoms with E-state index in [-0.39, 0.29) is 23.4 Å². The molecule has 0 spiro atoms. The lowest BCUT2D eigenvalue weighted by molar-refractivity contribution is -0.165. The largest absolute Gasteiger partial charge is 0.481 e. The van der Waals surface area contributed by atoms with Crippen molar-refractivity contribution >= 4 is 11.8 Å². The molecule has 152 valence electrons. The van der Waals surface area contributed by atoms with Crippen molar-refractivity contribution in [2.24, 2.45) is 40.4 Å². The number of aliphatic carboxylic acids is 1. The lowest BCUT2D eigenvalue weighted by Crippen LogP contribution is -2.57. The van der Waals surface area contributed by atoms with E-state index in [4.69, 9.17) is 5.11 Å². The van der Waals surface area contributed by atoms with Crippen LogP contribution in [0, 0.1) is 40.4 Å². The van der Waals surface area contributed by atoms with Gasteiger partial charge in [0.05, 0.1) is 6.10 Å². The zero-order valence-electron chi connectivity index (χ0n) is 17.0. The third-order valence-corrected chi connectivity index (χ3v) is 9.50. The van der Waals surface area contributed by atoms with Gasteiger partial charge in [0.15, 0.2) is 0 Å². The number of hydrogen-bond donors (Lipinski definition) is 2. The predicted molar refractivity (Wildman–Crippen MR) is 103 cm³/mol. The molecule has 0 amide bonds. The topological polar surface area (TPSA) is 74.6 Å². The lowest BCUT2D eigenvalue weighted by Gasteiger charge is -2.61. The van der Waals surface area contributed by atoms with Gasteiger partial charge in [-0.05, 0) is 92.8 Å². The zero-order valence-corrected chi connectivity index (χ0v) is 17.0. The number of Topliss-reactive ketones (excluding diaryl/α,β-unsaturated/α-hetero) is 1. The number of carboxylic acid groups (broad SMARTS) is 1. The molecule has 4 aliphatic carbocycles. The van der Waals surface area contributed by atoms with Crippen LogP contribution in [0.4, 0.5) is 0 Å². The Balaban J connectivity index is 1.49. The van der Waals surface area contributed by atoms with Crippen molar-refractivity contribution in [2.45, 2.75) is 90.6 Å². The zero-order chi connectivity index (χ0) is 19.4. The molecule has 4 rings (SSSR count). The van der Waals surface area contributed by atoms with E-state index in [1.807, 2.05) is 0 Å². The molecule has 4 saturated carbocycles. The van der Waals surface area contributed by atoms with E-state index in [0.29, 0.717) is 35.4 Å². The van der Waals surface area contributed by atoms with Gasteiger partial charge in [-0.3, -0.25) is 9.59 Å². The Morgan fingerprint density at radius 3 is 2.59 bits per heavy atom. The summed E-state index contributed by atoms with van der Waals surface area (Å²) in [7, 11) is 0. The minimum atomic E-state index is -0.701. The highest BCUT2D eigenvalue weighted by molar-refractivity contribution is 5.87. The summed E-state index contributed by atoms with van der Waals surface area (Å²) in [5.74, 6) is 2.32. The Hall–Kier alpha value is -0.900. The summed E-state index contributed by atoms with van der Waals surface area (Å²) in [5.41, 5.74) is 0.0662. The lowest BCUT2D eigenvalue weighted by atomic mass is 9.44. The van der Waals surface area contributed by atoms with Crippen molar-refractivity contribution in [3.63, 3.8) is 0 Å². The number of rotatable bonds is 4. The molecule has 0 unspecified atom stereocenters. The molecule has 0 radical (unpaired) electrons. The minimum absolute atomic E-state index is 0.127. The highest BCUT2D eigenvalue weighted by Gasteiger charge is 2.61. The SMILES string of the molecule is C[C@]12CC[C@H](CCCC(=O)O)C[C@@H]1[C@@H](O)C[C@@H]1[C@@H]2CC[C@]2(C)C(=O)CC[C@@H]12. The third-order valence-electron chi connectivity index (χ3n) is 9.50. The minimum Gasteiger partial charge on any atom is -0.481 e. The maximum absolute atomic E-state index is 12.5. The fourth-order valence-corrected chi connectivity index (χ4v) is 7.96. The van der Waals surface area contributed by atoms with Crippen molar-refractivity contribution in [3.05, 3.63) is 0 Å². The quantitative estimate of drug-likeness (QED) is 0.761. The van der Waals surface area contributed by atoms with Crippen molar-refractivity contribution in [3.8, 4) is 0 Å². The van der Waals surface area contributed by atoms with E-state index < -0.39 is 5.97 Å². The molecule has 4 fully saturated rings. The van der Waals surface area contributed by atoms with Crippen LogP contribution in [0.1, 0.15) is 84.5 Å². The number of aliphatic hydroxyl groups is 1. The molecule has 0 aromatic heterocycles. The highest BCUT2D eigenvalue weighted by atomic mass is 16.4. The number of hydrogen-bond acceptors (Lipinski definition) is 3. The van der Waals surface area contributed by atoms with Crippen molar-refractivity contribution in [2.75, 3.05) is 0 Å². The van der Waals surface area contributed by atoms with Crippen LogP contribution in [-0.4, -0.2) is 28.1 Å². The molecule has 4 nitrogen and oxygen atoms in total. The molecule has 2 N–H and O–H groups in total. The third kappa shape index (κ3) is 3.07. The maximum atomic E-state index is 12.5. The fraction of sp³-hybridized carbons (Fsp3) is 0.913. The summed E-state index contributed by atoms with van der Waals surface area (Å²) < 4.78 is 0. The van der Waals surface area contributed by atoms with Crippen LogP contribution in [0.15, 0.2) is 0 Å². The molecule has 0 aliphatic heterocycles. The summed E-state index contributed by atoms with van der Waals surface area (Å²) in [5, 5.41) is 20.0. The molecule has 8 atom stereocenters. The first-order chi connectivity index (χ1) is 12.8. The molecule has 0 aromatic carbocycles. The van der Waals surface area contributed by atoms with Crippen LogP contribution in [0.5, 0.6) is 0 Å². The van der Waals surface area contributed by atoms with Crippen LogP contribution in [-0.2, 0) is 9.59 Å². The Kier molecular flexibility index (Phi) is 4.93. The number of aliphatic hydroxyl groups excluding tert-OH is 1. The van der Waals surface area contributed by atoms with Crippen molar-refractivity contribution in [1.82, 2.24) is 0 Å². The van der Waals surface area contributed by atoms with E-state index in [2.05, 4.69) is 13.8 Å². The van der Waals surface area contributed by atoms with E-state index >= 15 is 0 Å². The highest BCUT2D eigenvalue weighted by Crippen LogP contribution is 2.66. The first kappa shape index (κ1) is 19.4. The Morgan fingerprint density at radius 1 is 1.07 bits per heavy atom. The molecule has 0 saturated heterocycles. The van der Waals surface area contributed by atoms with Gasteiger partial charge >= 0.3 is 5.97 Å². The van der Waals surface area contributed by atoms with E-state index in [1.54, 1.807) is 0 Å². The van der Waals surface area contributed by atoms with Crippen LogP contribution in [0.2, 0.25) is 0 Å². The number of ketones is 1. The standard InChI is InChI=1S/C23H36O4/c1-22-10-8-14(4-3-5-21(26)27)12-18(22)19(24)13-15-16-6-7-20(25)23(16,2)11-9-17(15)22/h14-19,24H,3-13H2,1-2H3,(H,26,27)/t14-,15-,16-,17-,18+,19-,22+,23-/m0/s1. The molecule has 4 heteroatoms. The van der Waals surface area contributed by atoms with E-state index in [9.17, 15) is 14.7 Å². The number of fused-ring (bicyclic) bond motifs is 5. The summed E-state index contributed by atoms with van der Waals surface area (Å²) in [6.07, 6.45) is 9.97. The van der Waals surface area contributed by atoms with E-state index in [0.717, 1.165) is 57.8 Å². The summed E-state index contributed by atoms with van der Waals surface area (Å²) in [6.45, 7) is 4.62. The maximum Gasteiger partial charge on any atom is 0.303 e. The van der Waals surface area contributed by atoms with Gasteiger partial charge in [-0.2, -0.15) is 0 Å². The second kappa shape index (κ2) is 6.86. The first-order valence-electron chi connectivity index (χ1n) is 11.2. The Morgan fingerprint density at radius 2 is 1.85 bits per heavy atom. The average molecular weight is 377 g/mol. The van der Waals surface area contributed by atoms with Gasteiger partial charge in [-0.1, -0.05) is 13.8 Å². The molecular weight excluding hydrogens is 340 g/mol. The van der Waals surface area contributed by atoms with Crippen molar-refractivity contribution in [1.29, 1.82) is 0 Å². The summed E-state index contributed by atoms with van der Waals surface area (Å²) in [6, 6.07) is 0. The molecular formula is C23H36O4. The summed E-state index contributed by atoms with van der Waals surface area (Å²) in [4.78, 5) is 23.3. The second-order valence-corrected chi connectivity index (χ2v) is 10.6. The number of carboxylic acids is 1. The fourth-order valence-electron chi connectivity index (χ4n) is 7.96. The first-order valence-corrected chi connectivity index (χ1v) is 11.2. The second-order valence-electron chi connectivity index (χ2n) is 10.6. The van der Waals surface area contributed by atoms with Gasteiger partial charge in [0.25, 0.3) is 0 Å². The number of carbonyl (C=O) groups is 2. The number of carbonyl (C=O) groups excluding carboxylic acids is 1. The van der Waals surface area contributed by atoms with Crippen LogP contribution < -0.4 is 0 Å². The molecule has 0 bridgehead atoms. The van der Waals surface area contributed by atoms with Gasteiger partial charge in [0.1, 0.15) is 5.78 Å². The van der Waals surface area contributed by atoms with Crippen LogP contribution in [0.3, 0.4) is 0 Å². The Labute approximate surface area is 163 Å². The van der Waals surface area contributed by atoms with Crippen molar-refractivity contribution < 1.29 is 19.8 Å². The van der Waals surface area contributed by atoms with Crippen LogP contribution in [0.25, 0.3) is 0 Å². The molecule has 4 aliphatic rings. The van der Waals surface area contributed by atoms with Gasteiger partial charge in [-0.15, -0.1) is 0 Å². The molecule has 0 heterocycles.